The van der Waals surface area contributed by atoms with Crippen molar-refractivity contribution in [3.05, 3.63) is 11.4 Å². The molecule has 0 unspecified atom stereocenters. The zero-order valence-corrected chi connectivity index (χ0v) is 7.20. The molecule has 4 heteroatoms. The Kier molecular flexibility index (Phi) is 2.44. The molecular formula is C6H11NO2S. The number of hydrogen-bond acceptors (Lipinski definition) is 2. The van der Waals surface area contributed by atoms with Gasteiger partial charge in [0, 0.05) is 0 Å². The zero-order chi connectivity index (χ0) is 8.41. The smallest absolute Gasteiger partial charge is 0.300 e. The molecule has 3 nitrogen and oxygen atoms in total. The van der Waals surface area contributed by atoms with Crippen LogP contribution in [-0.4, -0.2) is 19.0 Å². The molecule has 0 aliphatic rings. The van der Waals surface area contributed by atoms with Crippen LogP contribution in [0, 0.1) is 6.57 Å². The molecule has 0 fully saturated rings. The Morgan fingerprint density at radius 3 is 1.90 bits per heavy atom. The first-order valence-corrected chi connectivity index (χ1v) is 4.52. The lowest BCUT2D eigenvalue weighted by Crippen LogP contribution is -2.29. The van der Waals surface area contributed by atoms with Gasteiger partial charge in [0.05, 0.1) is 4.75 Å². The Bertz CT molecular complexity index is 240. The summed E-state index contributed by atoms with van der Waals surface area (Å²) < 4.78 is 21.3. The molecule has 0 amide bonds. The van der Waals surface area contributed by atoms with Gasteiger partial charge in [0.25, 0.3) is 0 Å². The standard InChI is InChI=1S/C6H11NO2S/c1-6(2,3)10(8,9)5-7-4/h5H2,1-3H3. The van der Waals surface area contributed by atoms with Crippen LogP contribution in [0.1, 0.15) is 20.8 Å². The van der Waals surface area contributed by atoms with Gasteiger partial charge < -0.3 is 0 Å². The van der Waals surface area contributed by atoms with Crippen molar-refractivity contribution in [3.63, 3.8) is 0 Å². The minimum atomic E-state index is -3.20. The van der Waals surface area contributed by atoms with Crippen molar-refractivity contribution in [1.82, 2.24) is 0 Å². The molecule has 0 N–H and O–H groups in total. The molecule has 0 saturated heterocycles. The van der Waals surface area contributed by atoms with E-state index >= 15 is 0 Å². The van der Waals surface area contributed by atoms with Gasteiger partial charge in [-0.3, -0.25) is 4.85 Å². The van der Waals surface area contributed by atoms with Crippen molar-refractivity contribution < 1.29 is 8.42 Å². The fourth-order valence-corrected chi connectivity index (χ4v) is 0.836. The number of rotatable bonds is 1. The van der Waals surface area contributed by atoms with E-state index in [1.807, 2.05) is 0 Å². The van der Waals surface area contributed by atoms with Gasteiger partial charge in [-0.1, -0.05) is 0 Å². The van der Waals surface area contributed by atoms with Crippen molar-refractivity contribution in [1.29, 1.82) is 0 Å². The third-order valence-corrected chi connectivity index (χ3v) is 3.50. The third-order valence-electron chi connectivity index (χ3n) is 1.17. The molecular weight excluding hydrogens is 150 g/mol. The lowest BCUT2D eigenvalue weighted by Gasteiger charge is -2.13. The maximum Gasteiger partial charge on any atom is 0.312 e. The first-order chi connectivity index (χ1) is 4.31. The van der Waals surface area contributed by atoms with Gasteiger partial charge in [-0.2, -0.15) is 0 Å². The summed E-state index contributed by atoms with van der Waals surface area (Å²) >= 11 is 0. The number of nitrogens with zero attached hydrogens (tertiary/aromatic N) is 1. The maximum atomic E-state index is 11.0. The molecule has 10 heavy (non-hydrogen) atoms. The van der Waals surface area contributed by atoms with Gasteiger partial charge in [-0.25, -0.2) is 15.0 Å². The lowest BCUT2D eigenvalue weighted by atomic mass is 10.3. The number of hydrogen-bond donors (Lipinski definition) is 0. The summed E-state index contributed by atoms with van der Waals surface area (Å²) in [6.45, 7) is 11.2. The molecule has 0 aliphatic heterocycles. The van der Waals surface area contributed by atoms with Crippen LogP contribution in [-0.2, 0) is 9.84 Å². The summed E-state index contributed by atoms with van der Waals surface area (Å²) in [6.07, 6.45) is 0. The minimum Gasteiger partial charge on any atom is -0.300 e. The van der Waals surface area contributed by atoms with Crippen LogP contribution < -0.4 is 0 Å². The van der Waals surface area contributed by atoms with E-state index in [4.69, 9.17) is 6.57 Å². The van der Waals surface area contributed by atoms with E-state index in [9.17, 15) is 8.42 Å². The van der Waals surface area contributed by atoms with Gasteiger partial charge in [-0.05, 0) is 20.8 Å². The highest BCUT2D eigenvalue weighted by Crippen LogP contribution is 2.15. The Hall–Kier alpha value is -0.560. The van der Waals surface area contributed by atoms with Crippen molar-refractivity contribution >= 4 is 9.84 Å². The van der Waals surface area contributed by atoms with E-state index in [1.54, 1.807) is 20.8 Å². The molecule has 0 atom stereocenters. The van der Waals surface area contributed by atoms with Gasteiger partial charge in [0.2, 0.25) is 9.84 Å². The Morgan fingerprint density at radius 1 is 1.40 bits per heavy atom. The number of sulfone groups is 1. The average Bonchev–Trinajstić information content (AvgIpc) is 1.61. The van der Waals surface area contributed by atoms with E-state index < -0.39 is 20.5 Å². The molecule has 0 heterocycles. The molecule has 0 saturated carbocycles. The van der Waals surface area contributed by atoms with E-state index in [2.05, 4.69) is 4.85 Å². The normalized spacial score (nSPS) is 12.6. The van der Waals surface area contributed by atoms with E-state index in [0.717, 1.165) is 0 Å². The average molecular weight is 161 g/mol. The summed E-state index contributed by atoms with van der Waals surface area (Å²) in [5.41, 5.74) is 0. The Balaban J connectivity index is 4.65. The molecule has 0 aromatic rings. The Labute approximate surface area is 61.8 Å². The van der Waals surface area contributed by atoms with Crippen LogP contribution in [0.2, 0.25) is 0 Å². The van der Waals surface area contributed by atoms with Gasteiger partial charge in [0.15, 0.2) is 0 Å². The summed E-state index contributed by atoms with van der Waals surface area (Å²) in [6, 6.07) is 0. The Morgan fingerprint density at radius 2 is 1.80 bits per heavy atom. The van der Waals surface area contributed by atoms with Gasteiger partial charge in [0.1, 0.15) is 0 Å². The molecule has 0 aliphatic carbocycles. The highest BCUT2D eigenvalue weighted by Gasteiger charge is 2.31. The molecule has 0 rings (SSSR count). The first-order valence-electron chi connectivity index (χ1n) is 2.87. The fourth-order valence-electron chi connectivity index (χ4n) is 0.279. The third kappa shape index (κ3) is 1.99. The van der Waals surface area contributed by atoms with Gasteiger partial charge in [-0.15, -0.1) is 0 Å². The summed E-state index contributed by atoms with van der Waals surface area (Å²) in [7, 11) is -3.20. The predicted molar refractivity (Wildman–Crippen MR) is 40.1 cm³/mol. The zero-order valence-electron chi connectivity index (χ0n) is 6.38. The highest BCUT2D eigenvalue weighted by atomic mass is 32.2. The van der Waals surface area contributed by atoms with E-state index in [1.165, 1.54) is 0 Å². The van der Waals surface area contributed by atoms with Crippen LogP contribution in [0.25, 0.3) is 4.85 Å². The van der Waals surface area contributed by atoms with Crippen LogP contribution in [0.3, 0.4) is 0 Å². The summed E-state index contributed by atoms with van der Waals surface area (Å²) in [5, 5.41) is 0. The van der Waals surface area contributed by atoms with Crippen LogP contribution >= 0.6 is 0 Å². The van der Waals surface area contributed by atoms with Crippen molar-refractivity contribution in [2.24, 2.45) is 0 Å². The monoisotopic (exact) mass is 161 g/mol. The quantitative estimate of drug-likeness (QED) is 0.540. The highest BCUT2D eigenvalue weighted by molar-refractivity contribution is 7.92. The maximum absolute atomic E-state index is 11.0. The molecule has 0 spiro atoms. The molecule has 58 valence electrons. The van der Waals surface area contributed by atoms with Crippen molar-refractivity contribution in [2.45, 2.75) is 25.5 Å². The van der Waals surface area contributed by atoms with Crippen LogP contribution in [0.4, 0.5) is 0 Å². The van der Waals surface area contributed by atoms with Crippen molar-refractivity contribution in [3.8, 4) is 0 Å². The fraction of sp³-hybridized carbons (Fsp3) is 0.833. The predicted octanol–water partition coefficient (Wildman–Crippen LogP) is 1.08. The van der Waals surface area contributed by atoms with E-state index in [0.29, 0.717) is 0 Å². The molecule has 0 aromatic heterocycles. The second kappa shape index (κ2) is 2.59. The molecule has 0 bridgehead atoms. The second-order valence-corrected chi connectivity index (χ2v) is 5.73. The van der Waals surface area contributed by atoms with Crippen LogP contribution in [0.15, 0.2) is 0 Å². The van der Waals surface area contributed by atoms with Crippen molar-refractivity contribution in [2.75, 3.05) is 5.88 Å². The van der Waals surface area contributed by atoms with Crippen LogP contribution in [0.5, 0.6) is 0 Å². The minimum absolute atomic E-state index is 0.406. The molecule has 0 radical (unpaired) electrons. The SMILES string of the molecule is [C-]#[N+]CS(=O)(=O)C(C)(C)C. The topological polar surface area (TPSA) is 38.5 Å². The largest absolute Gasteiger partial charge is 0.312 e. The van der Waals surface area contributed by atoms with Gasteiger partial charge >= 0.3 is 5.88 Å². The summed E-state index contributed by atoms with van der Waals surface area (Å²) in [4.78, 5) is 2.84. The second-order valence-electron chi connectivity index (χ2n) is 3.01. The lowest BCUT2D eigenvalue weighted by molar-refractivity contribution is 0.563. The summed E-state index contributed by atoms with van der Waals surface area (Å²) in [5.74, 6) is -0.406. The molecule has 0 aromatic carbocycles. The van der Waals surface area contributed by atoms with E-state index in [-0.39, 0.29) is 0 Å². The first kappa shape index (κ1) is 9.44.